The van der Waals surface area contributed by atoms with Gasteiger partial charge >= 0.3 is 0 Å². The Labute approximate surface area is 27.1 Å². The molecule has 0 saturated heterocycles. The van der Waals surface area contributed by atoms with E-state index in [1.807, 2.05) is 0 Å². The Hall–Kier alpha value is 0.350. The van der Waals surface area contributed by atoms with Gasteiger partial charge in [-0.2, -0.15) is 0 Å². The van der Waals surface area contributed by atoms with E-state index in [4.69, 9.17) is 4.89 Å². The molecule has 1 atom stereocenters. The maximum atomic E-state index is 7.79. The zero-order chi connectivity index (χ0) is 3.41. The van der Waals surface area contributed by atoms with Gasteiger partial charge in [0.2, 0.25) is 0 Å². The molecule has 0 spiro atoms. The highest BCUT2D eigenvalue weighted by Gasteiger charge is 1.51. The molecule has 0 fully saturated rings. The van der Waals surface area contributed by atoms with Crippen LogP contribution >= 0.6 is 8.96 Å². The highest BCUT2D eigenvalue weighted by atomic mass is 31.1. The molecule has 0 aromatic rings. The lowest BCUT2D eigenvalue weighted by molar-refractivity contribution is 0.637. The van der Waals surface area contributed by atoms with Gasteiger partial charge in [-0.1, -0.05) is 0 Å². The lowest BCUT2D eigenvalue weighted by atomic mass is 11.6. The second kappa shape index (κ2) is 3.35. The molecule has 0 saturated carbocycles. The van der Waals surface area contributed by atoms with Crippen LogP contribution in [0.15, 0.2) is 0 Å². The first-order chi connectivity index (χ1) is 1.91. The van der Waals surface area contributed by atoms with Gasteiger partial charge in [0, 0.05) is 0 Å². The van der Waals surface area contributed by atoms with Gasteiger partial charge in [0.25, 0.3) is 0 Å². The van der Waals surface area contributed by atoms with Gasteiger partial charge in [0.15, 0.2) is 0 Å². The predicted molar refractivity (Wildman–Crippen MR) is 19.6 cm³/mol. The first-order valence-electron chi connectivity index (χ1n) is 0.974. The van der Waals surface area contributed by atoms with E-state index >= 15 is 0 Å². The molecule has 0 radical (unpaired) electrons. The van der Waals surface area contributed by atoms with Crippen molar-refractivity contribution in [1.29, 1.82) is 0 Å². The highest BCUT2D eigenvalue weighted by Crippen LogP contribution is 1.83. The van der Waals surface area contributed by atoms with Crippen molar-refractivity contribution in [3.8, 4) is 0 Å². The molecule has 4 heavy (non-hydrogen) atoms. The molecular weight excluding hydrogens is 73.0 g/mol. The van der Waals surface area contributed by atoms with Crippen molar-refractivity contribution in [3.63, 3.8) is 0 Å². The van der Waals surface area contributed by atoms with Crippen molar-refractivity contribution in [2.24, 2.45) is 0 Å². The Bertz CT molecular complexity index is 10.0. The molecule has 0 heterocycles. The van der Waals surface area contributed by atoms with E-state index in [1.54, 1.807) is 7.05 Å². The van der Waals surface area contributed by atoms with Crippen LogP contribution in [-0.2, 0) is 0 Å². The standard InChI is InChI=1S/CH6NOP/c1-2-4-3/h2-4H,1H3. The molecule has 3 heteroatoms. The van der Waals surface area contributed by atoms with Crippen LogP contribution in [0.1, 0.15) is 0 Å². The molecule has 0 aliphatic carbocycles. The van der Waals surface area contributed by atoms with Crippen molar-refractivity contribution in [3.05, 3.63) is 0 Å². The Morgan fingerprint density at radius 2 is 2.25 bits per heavy atom. The summed E-state index contributed by atoms with van der Waals surface area (Å²) in [6.07, 6.45) is 0. The SMILES string of the molecule is CNPO. The van der Waals surface area contributed by atoms with Crippen LogP contribution in [0.3, 0.4) is 0 Å². The van der Waals surface area contributed by atoms with E-state index in [9.17, 15) is 0 Å². The quantitative estimate of drug-likeness (QED) is 0.423. The van der Waals surface area contributed by atoms with Gasteiger partial charge in [-0.25, -0.2) is 0 Å². The Balaban J connectivity index is 1.97. The van der Waals surface area contributed by atoms with Gasteiger partial charge in [-0.3, -0.25) is 5.09 Å². The van der Waals surface area contributed by atoms with Gasteiger partial charge < -0.3 is 4.89 Å². The molecule has 0 aromatic heterocycles. The Morgan fingerprint density at radius 1 is 2.00 bits per heavy atom. The molecule has 1 unspecified atom stereocenters. The van der Waals surface area contributed by atoms with Crippen molar-refractivity contribution >= 4 is 8.96 Å². The summed E-state index contributed by atoms with van der Waals surface area (Å²) in [5.41, 5.74) is 0. The normalized spacial score (nSPS) is 10.5. The van der Waals surface area contributed by atoms with Crippen molar-refractivity contribution < 1.29 is 4.89 Å². The summed E-state index contributed by atoms with van der Waals surface area (Å²) >= 11 is 0. The summed E-state index contributed by atoms with van der Waals surface area (Å²) in [6.45, 7) is 0. The van der Waals surface area contributed by atoms with Crippen molar-refractivity contribution in [2.75, 3.05) is 7.05 Å². The van der Waals surface area contributed by atoms with E-state index in [-0.39, 0.29) is 8.96 Å². The van der Waals surface area contributed by atoms with Crippen LogP contribution in [-0.4, -0.2) is 11.9 Å². The molecule has 2 nitrogen and oxygen atoms in total. The largest absolute Gasteiger partial charge is 0.362 e. The van der Waals surface area contributed by atoms with E-state index < -0.39 is 0 Å². The fraction of sp³-hybridized carbons (Fsp3) is 1.00. The average molecular weight is 79.0 g/mol. The van der Waals surface area contributed by atoms with Crippen molar-refractivity contribution in [1.82, 2.24) is 5.09 Å². The maximum absolute atomic E-state index is 7.79. The van der Waals surface area contributed by atoms with Gasteiger partial charge in [0.05, 0.1) is 8.96 Å². The van der Waals surface area contributed by atoms with Gasteiger partial charge in [0.1, 0.15) is 0 Å². The van der Waals surface area contributed by atoms with E-state index in [1.165, 1.54) is 0 Å². The summed E-state index contributed by atoms with van der Waals surface area (Å²) in [4.78, 5) is 7.79. The van der Waals surface area contributed by atoms with Gasteiger partial charge in [-0.15, -0.1) is 0 Å². The summed E-state index contributed by atoms with van der Waals surface area (Å²) in [5, 5.41) is 2.51. The lowest BCUT2D eigenvalue weighted by Gasteiger charge is -1.75. The minimum Gasteiger partial charge on any atom is -0.362 e. The first kappa shape index (κ1) is 4.35. The minimum absolute atomic E-state index is 0.110. The topological polar surface area (TPSA) is 32.3 Å². The zero-order valence-corrected chi connectivity index (χ0v) is 3.45. The van der Waals surface area contributed by atoms with Gasteiger partial charge in [-0.05, 0) is 7.05 Å². The summed E-state index contributed by atoms with van der Waals surface area (Å²) < 4.78 is 0. The lowest BCUT2D eigenvalue weighted by Crippen LogP contribution is -1.82. The van der Waals surface area contributed by atoms with Crippen LogP contribution in [0.4, 0.5) is 0 Å². The molecule has 0 amide bonds. The fourth-order valence-electron chi connectivity index (χ4n) is 0. The third-order valence-corrected chi connectivity index (χ3v) is 0.335. The third-order valence-electron chi connectivity index (χ3n) is 0.112. The van der Waals surface area contributed by atoms with Crippen LogP contribution < -0.4 is 5.09 Å². The molecular formula is CH6NOP. The van der Waals surface area contributed by atoms with Crippen LogP contribution in [0.25, 0.3) is 0 Å². The van der Waals surface area contributed by atoms with E-state index in [0.717, 1.165) is 0 Å². The second-order valence-electron chi connectivity index (χ2n) is 0.362. The third kappa shape index (κ3) is 2.35. The predicted octanol–water partition coefficient (Wildman–Crippen LogP) is -0.293. The summed E-state index contributed by atoms with van der Waals surface area (Å²) in [5.74, 6) is 0. The molecule has 0 bridgehead atoms. The average Bonchev–Trinajstić information content (AvgIpc) is 1.37. The second-order valence-corrected chi connectivity index (χ2v) is 1.09. The monoisotopic (exact) mass is 79.0 g/mol. The van der Waals surface area contributed by atoms with E-state index in [0.29, 0.717) is 0 Å². The first-order valence-corrected chi connectivity index (χ1v) is 1.92. The number of nitrogens with one attached hydrogen (secondary N) is 1. The number of hydrogen-bond donors (Lipinski definition) is 2. The fourth-order valence-corrected chi connectivity index (χ4v) is 0. The Kier molecular flexibility index (Phi) is 3.64. The summed E-state index contributed by atoms with van der Waals surface area (Å²) in [7, 11) is 1.58. The molecule has 0 aliphatic heterocycles. The molecule has 0 aromatic carbocycles. The Morgan fingerprint density at radius 3 is 2.25 bits per heavy atom. The van der Waals surface area contributed by atoms with Crippen LogP contribution in [0.5, 0.6) is 0 Å². The molecule has 26 valence electrons. The van der Waals surface area contributed by atoms with Crippen LogP contribution in [0, 0.1) is 0 Å². The maximum Gasteiger partial charge on any atom is 0.0822 e. The summed E-state index contributed by atoms with van der Waals surface area (Å²) in [6, 6.07) is 0. The minimum atomic E-state index is -0.110. The number of hydrogen-bond acceptors (Lipinski definition) is 2. The molecule has 0 rings (SSSR count). The van der Waals surface area contributed by atoms with Crippen LogP contribution in [0.2, 0.25) is 0 Å². The molecule has 0 aliphatic rings. The van der Waals surface area contributed by atoms with E-state index in [2.05, 4.69) is 5.09 Å². The number of rotatable bonds is 1. The molecule has 2 N–H and O–H groups in total. The smallest absolute Gasteiger partial charge is 0.0822 e. The highest BCUT2D eigenvalue weighted by molar-refractivity contribution is 7.28. The zero-order valence-electron chi connectivity index (χ0n) is 2.45. The van der Waals surface area contributed by atoms with Crippen molar-refractivity contribution in [2.45, 2.75) is 0 Å².